The van der Waals surface area contributed by atoms with Crippen LogP contribution in [-0.4, -0.2) is 44.4 Å². The third-order valence-corrected chi connectivity index (χ3v) is 3.06. The van der Waals surface area contributed by atoms with Gasteiger partial charge in [0.15, 0.2) is 0 Å². The lowest BCUT2D eigenvalue weighted by molar-refractivity contribution is -0.174. The number of amides is 3. The lowest BCUT2D eigenvalue weighted by atomic mass is 10.2. The number of alkyl halides is 3. The summed E-state index contributed by atoms with van der Waals surface area (Å²) in [5, 5.41) is 5.23. The van der Waals surface area contributed by atoms with Gasteiger partial charge in [-0.05, 0) is 24.3 Å². The van der Waals surface area contributed by atoms with Crippen molar-refractivity contribution >= 4 is 23.3 Å². The van der Waals surface area contributed by atoms with Gasteiger partial charge >= 0.3 is 12.2 Å². The maximum Gasteiger partial charge on any atom is 0.411 e. The van der Waals surface area contributed by atoms with Gasteiger partial charge in [0.25, 0.3) is 0 Å². The van der Waals surface area contributed by atoms with E-state index in [1.807, 2.05) is 0 Å². The Morgan fingerprint density at radius 1 is 1.30 bits per heavy atom. The molecule has 9 heteroatoms. The fourth-order valence-corrected chi connectivity index (χ4v) is 2.02. The predicted molar refractivity (Wildman–Crippen MR) is 77.3 cm³/mol. The maximum absolute atomic E-state index is 11.9. The topological polar surface area (TPSA) is 70.7 Å². The van der Waals surface area contributed by atoms with Gasteiger partial charge in [-0.3, -0.25) is 9.69 Å². The van der Waals surface area contributed by atoms with E-state index >= 15 is 0 Å². The number of nitrogens with one attached hydrogen (secondary N) is 2. The monoisotopic (exact) mass is 331 g/mol. The maximum atomic E-state index is 11.9. The molecule has 1 heterocycles. The van der Waals surface area contributed by atoms with E-state index in [4.69, 9.17) is 0 Å². The van der Waals surface area contributed by atoms with E-state index in [9.17, 15) is 22.8 Å². The summed E-state index contributed by atoms with van der Waals surface area (Å²) in [4.78, 5) is 24.7. The van der Waals surface area contributed by atoms with E-state index in [0.29, 0.717) is 24.5 Å². The molecule has 1 saturated heterocycles. The van der Waals surface area contributed by atoms with Crippen LogP contribution in [0, 0.1) is 0 Å². The van der Waals surface area contributed by atoms with Crippen LogP contribution in [0.3, 0.4) is 0 Å². The number of anilines is 2. The summed E-state index contributed by atoms with van der Waals surface area (Å²) in [6.07, 6.45) is -4.57. The van der Waals surface area contributed by atoms with Gasteiger partial charge in [-0.15, -0.1) is 0 Å². The molecular weight excluding hydrogens is 315 g/mol. The minimum Gasteiger partial charge on any atom is -0.372 e. The van der Waals surface area contributed by atoms with Gasteiger partial charge in [0.2, 0.25) is 5.91 Å². The molecule has 0 spiro atoms. The second-order valence-electron chi connectivity index (χ2n) is 4.90. The minimum atomic E-state index is -4.39. The third kappa shape index (κ3) is 5.44. The number of rotatable bonds is 6. The van der Waals surface area contributed by atoms with Gasteiger partial charge in [-0.1, -0.05) is 0 Å². The molecule has 0 aromatic heterocycles. The number of carbonyl (C=O) groups excluding carboxylic acids is 2. The number of hydrogen-bond donors (Lipinski definition) is 2. The molecule has 1 aliphatic heterocycles. The Hall–Kier alpha value is -2.29. The van der Waals surface area contributed by atoms with Gasteiger partial charge in [0.1, 0.15) is 6.61 Å². The van der Waals surface area contributed by atoms with Crippen LogP contribution in [0.1, 0.15) is 6.42 Å². The molecule has 1 aromatic carbocycles. The van der Waals surface area contributed by atoms with Gasteiger partial charge in [-0.2, -0.15) is 13.2 Å². The summed E-state index contributed by atoms with van der Waals surface area (Å²) in [6, 6.07) is 6.43. The molecule has 2 N–H and O–H groups in total. The Labute approximate surface area is 130 Å². The Morgan fingerprint density at radius 2 is 2.00 bits per heavy atom. The van der Waals surface area contributed by atoms with Crippen molar-refractivity contribution < 1.29 is 27.5 Å². The summed E-state index contributed by atoms with van der Waals surface area (Å²) >= 11 is 0. The van der Waals surface area contributed by atoms with Crippen LogP contribution in [0.25, 0.3) is 0 Å². The number of carbonyl (C=O) groups is 2. The minimum absolute atomic E-state index is 0.174. The molecule has 126 valence electrons. The molecule has 0 bridgehead atoms. The van der Waals surface area contributed by atoms with Crippen LogP contribution in [-0.2, 0) is 9.53 Å². The van der Waals surface area contributed by atoms with E-state index in [0.717, 1.165) is 0 Å². The highest BCUT2D eigenvalue weighted by Gasteiger charge is 2.27. The Kier molecular flexibility index (Phi) is 5.43. The molecule has 0 atom stereocenters. The van der Waals surface area contributed by atoms with Gasteiger partial charge in [0, 0.05) is 24.5 Å². The van der Waals surface area contributed by atoms with E-state index in [2.05, 4.69) is 15.4 Å². The zero-order valence-electron chi connectivity index (χ0n) is 12.2. The second-order valence-corrected chi connectivity index (χ2v) is 4.90. The molecule has 0 unspecified atom stereocenters. The Morgan fingerprint density at radius 3 is 2.57 bits per heavy atom. The first-order valence-corrected chi connectivity index (χ1v) is 6.95. The van der Waals surface area contributed by atoms with Gasteiger partial charge < -0.3 is 15.4 Å². The number of urea groups is 1. The summed E-state index contributed by atoms with van der Waals surface area (Å²) in [7, 11) is 0. The first-order chi connectivity index (χ1) is 10.8. The Bertz CT molecular complexity index is 561. The Balaban J connectivity index is 1.77. The summed E-state index contributed by atoms with van der Waals surface area (Å²) in [5.74, 6) is -0.446. The van der Waals surface area contributed by atoms with Crippen molar-refractivity contribution in [3.05, 3.63) is 24.3 Å². The average Bonchev–Trinajstić information content (AvgIpc) is 2.90. The lowest BCUT2D eigenvalue weighted by Gasteiger charge is -2.14. The molecule has 1 aromatic rings. The van der Waals surface area contributed by atoms with Crippen molar-refractivity contribution in [2.24, 2.45) is 0 Å². The molecule has 6 nitrogen and oxygen atoms in total. The average molecular weight is 331 g/mol. The summed E-state index contributed by atoms with van der Waals surface area (Å²) in [6.45, 7) is -0.527. The molecule has 1 aliphatic rings. The quantitative estimate of drug-likeness (QED) is 0.785. The largest absolute Gasteiger partial charge is 0.411 e. The predicted octanol–water partition coefficient (Wildman–Crippen LogP) is 2.12. The van der Waals surface area contributed by atoms with Crippen molar-refractivity contribution in [3.8, 4) is 0 Å². The number of benzene rings is 1. The zero-order chi connectivity index (χ0) is 16.9. The van der Waals surface area contributed by atoms with Crippen molar-refractivity contribution in [2.45, 2.75) is 12.6 Å². The highest BCUT2D eigenvalue weighted by atomic mass is 19.4. The lowest BCUT2D eigenvalue weighted by Crippen LogP contribution is -2.27. The van der Waals surface area contributed by atoms with Crippen molar-refractivity contribution in [3.63, 3.8) is 0 Å². The standard InChI is InChI=1S/C14H16F3N3O3/c15-14(16,17)9-23-8-5-12(21)19-10-1-3-11(4-2-10)20-7-6-18-13(20)22/h1-4H,5-9H2,(H,18,22)(H,19,21). The molecule has 0 radical (unpaired) electrons. The SMILES string of the molecule is O=C(CCOCC(F)(F)F)Nc1ccc(N2CCNC2=O)cc1. The summed E-state index contributed by atoms with van der Waals surface area (Å²) < 4.78 is 40.0. The highest BCUT2D eigenvalue weighted by Crippen LogP contribution is 2.19. The fourth-order valence-electron chi connectivity index (χ4n) is 2.02. The first kappa shape index (κ1) is 17.1. The molecule has 0 aliphatic carbocycles. The summed E-state index contributed by atoms with van der Waals surface area (Å²) in [5.41, 5.74) is 1.20. The van der Waals surface area contributed by atoms with Crippen molar-refractivity contribution in [1.29, 1.82) is 0 Å². The van der Waals surface area contributed by atoms with Crippen LogP contribution in [0.2, 0.25) is 0 Å². The van der Waals surface area contributed by atoms with E-state index in [-0.39, 0.29) is 19.1 Å². The number of halogens is 3. The number of nitrogens with zero attached hydrogens (tertiary/aromatic N) is 1. The van der Waals surface area contributed by atoms with Gasteiger partial charge in [-0.25, -0.2) is 4.79 Å². The molecule has 3 amide bonds. The van der Waals surface area contributed by atoms with Crippen LogP contribution in [0.4, 0.5) is 29.3 Å². The third-order valence-electron chi connectivity index (χ3n) is 3.06. The van der Waals surface area contributed by atoms with Crippen molar-refractivity contribution in [2.75, 3.05) is 36.5 Å². The van der Waals surface area contributed by atoms with E-state index in [1.165, 1.54) is 0 Å². The van der Waals surface area contributed by atoms with Crippen LogP contribution >= 0.6 is 0 Å². The number of ether oxygens (including phenoxy) is 1. The van der Waals surface area contributed by atoms with Crippen LogP contribution in [0.15, 0.2) is 24.3 Å². The molecule has 1 fully saturated rings. The second kappa shape index (κ2) is 7.32. The highest BCUT2D eigenvalue weighted by molar-refractivity contribution is 5.95. The smallest absolute Gasteiger partial charge is 0.372 e. The van der Waals surface area contributed by atoms with E-state index < -0.39 is 18.7 Å². The first-order valence-electron chi connectivity index (χ1n) is 6.95. The normalized spacial score (nSPS) is 14.7. The zero-order valence-corrected chi connectivity index (χ0v) is 12.2. The molecule has 2 rings (SSSR count). The van der Waals surface area contributed by atoms with Gasteiger partial charge in [0.05, 0.1) is 13.0 Å². The van der Waals surface area contributed by atoms with Crippen molar-refractivity contribution in [1.82, 2.24) is 5.32 Å². The fraction of sp³-hybridized carbons (Fsp3) is 0.429. The molecule has 0 saturated carbocycles. The van der Waals surface area contributed by atoms with Crippen LogP contribution < -0.4 is 15.5 Å². The van der Waals surface area contributed by atoms with Crippen LogP contribution in [0.5, 0.6) is 0 Å². The molecular formula is C14H16F3N3O3. The van der Waals surface area contributed by atoms with E-state index in [1.54, 1.807) is 29.2 Å². The number of hydrogen-bond acceptors (Lipinski definition) is 3. The molecule has 23 heavy (non-hydrogen) atoms.